The Hall–Kier alpha value is -2.06. The van der Waals surface area contributed by atoms with Gasteiger partial charge in [0, 0.05) is 32.2 Å². The van der Waals surface area contributed by atoms with E-state index in [4.69, 9.17) is 14.9 Å². The van der Waals surface area contributed by atoms with Crippen molar-refractivity contribution < 1.29 is 13.9 Å². The van der Waals surface area contributed by atoms with Crippen molar-refractivity contribution in [1.29, 1.82) is 0 Å². The zero-order valence-electron chi connectivity index (χ0n) is 14.6. The Morgan fingerprint density at radius 3 is 2.62 bits per heavy atom. The SMILES string of the molecule is CN=C(NCc1ccc(C(N)=O)o1)NCC(C)(C)N1CCOCC1. The number of hydrogen-bond acceptors (Lipinski definition) is 5. The zero-order chi connectivity index (χ0) is 17.6. The number of amides is 1. The molecule has 1 amide bonds. The first-order valence-corrected chi connectivity index (χ1v) is 8.08. The molecule has 0 bridgehead atoms. The molecule has 1 aromatic rings. The lowest BCUT2D eigenvalue weighted by Gasteiger charge is -2.41. The van der Waals surface area contributed by atoms with Crippen LogP contribution >= 0.6 is 0 Å². The molecule has 0 aliphatic carbocycles. The maximum atomic E-state index is 11.0. The smallest absolute Gasteiger partial charge is 0.284 e. The summed E-state index contributed by atoms with van der Waals surface area (Å²) in [6, 6.07) is 3.29. The molecule has 8 heteroatoms. The molecule has 0 saturated carbocycles. The molecule has 24 heavy (non-hydrogen) atoms. The van der Waals surface area contributed by atoms with Gasteiger partial charge in [0.25, 0.3) is 5.91 Å². The molecule has 0 atom stereocenters. The van der Waals surface area contributed by atoms with E-state index in [-0.39, 0.29) is 11.3 Å². The van der Waals surface area contributed by atoms with Crippen molar-refractivity contribution in [3.63, 3.8) is 0 Å². The molecule has 134 valence electrons. The Morgan fingerprint density at radius 1 is 1.33 bits per heavy atom. The summed E-state index contributed by atoms with van der Waals surface area (Å²) in [5.41, 5.74) is 5.16. The fraction of sp³-hybridized carbons (Fsp3) is 0.625. The van der Waals surface area contributed by atoms with Gasteiger partial charge in [-0.25, -0.2) is 0 Å². The van der Waals surface area contributed by atoms with Crippen molar-refractivity contribution >= 4 is 11.9 Å². The molecule has 0 aromatic carbocycles. The number of hydrogen-bond donors (Lipinski definition) is 3. The molecule has 2 rings (SSSR count). The number of carbonyl (C=O) groups is 1. The van der Waals surface area contributed by atoms with Crippen LogP contribution < -0.4 is 16.4 Å². The maximum absolute atomic E-state index is 11.0. The number of nitrogens with one attached hydrogen (secondary N) is 2. The van der Waals surface area contributed by atoms with Gasteiger partial charge in [-0.05, 0) is 26.0 Å². The fourth-order valence-electron chi connectivity index (χ4n) is 2.58. The molecule has 0 radical (unpaired) electrons. The second kappa shape index (κ2) is 8.16. The summed E-state index contributed by atoms with van der Waals surface area (Å²) in [7, 11) is 1.72. The summed E-state index contributed by atoms with van der Waals surface area (Å²) >= 11 is 0. The van der Waals surface area contributed by atoms with Gasteiger partial charge in [0.05, 0.1) is 19.8 Å². The third-order valence-corrected chi connectivity index (χ3v) is 4.11. The van der Waals surface area contributed by atoms with Gasteiger partial charge in [-0.15, -0.1) is 0 Å². The average molecular weight is 337 g/mol. The molecule has 1 aliphatic rings. The summed E-state index contributed by atoms with van der Waals surface area (Å²) in [6.07, 6.45) is 0. The van der Waals surface area contributed by atoms with E-state index < -0.39 is 5.91 Å². The second-order valence-electron chi connectivity index (χ2n) is 6.32. The van der Waals surface area contributed by atoms with E-state index in [0.29, 0.717) is 18.3 Å². The first-order valence-electron chi connectivity index (χ1n) is 8.08. The van der Waals surface area contributed by atoms with Crippen LogP contribution in [0.1, 0.15) is 30.2 Å². The number of nitrogens with zero attached hydrogens (tertiary/aromatic N) is 2. The van der Waals surface area contributed by atoms with Crippen LogP contribution in [0.3, 0.4) is 0 Å². The van der Waals surface area contributed by atoms with Crippen LogP contribution in [0.15, 0.2) is 21.5 Å². The van der Waals surface area contributed by atoms with E-state index in [9.17, 15) is 4.79 Å². The molecule has 1 saturated heterocycles. The Bertz CT molecular complexity index is 576. The van der Waals surface area contributed by atoms with Crippen LogP contribution in [0.2, 0.25) is 0 Å². The van der Waals surface area contributed by atoms with Crippen LogP contribution in [-0.2, 0) is 11.3 Å². The lowest BCUT2D eigenvalue weighted by atomic mass is 10.0. The minimum atomic E-state index is -0.573. The summed E-state index contributed by atoms with van der Waals surface area (Å²) < 4.78 is 10.7. The Morgan fingerprint density at radius 2 is 2.04 bits per heavy atom. The quantitative estimate of drug-likeness (QED) is 0.504. The topological polar surface area (TPSA) is 105 Å². The van der Waals surface area contributed by atoms with Crippen molar-refractivity contribution in [2.75, 3.05) is 39.9 Å². The number of furan rings is 1. The maximum Gasteiger partial charge on any atom is 0.284 e. The van der Waals surface area contributed by atoms with Gasteiger partial charge in [-0.2, -0.15) is 0 Å². The minimum absolute atomic E-state index is 0.00871. The van der Waals surface area contributed by atoms with Crippen molar-refractivity contribution in [3.8, 4) is 0 Å². The molecule has 0 spiro atoms. The van der Waals surface area contributed by atoms with Crippen molar-refractivity contribution in [3.05, 3.63) is 23.7 Å². The van der Waals surface area contributed by atoms with E-state index >= 15 is 0 Å². The molecular weight excluding hydrogens is 310 g/mol. The van der Waals surface area contributed by atoms with Crippen molar-refractivity contribution in [2.45, 2.75) is 25.9 Å². The van der Waals surface area contributed by atoms with Gasteiger partial charge in [0.15, 0.2) is 11.7 Å². The molecular formula is C16H27N5O3. The van der Waals surface area contributed by atoms with Gasteiger partial charge in [-0.3, -0.25) is 14.7 Å². The van der Waals surface area contributed by atoms with E-state index in [0.717, 1.165) is 32.8 Å². The van der Waals surface area contributed by atoms with Gasteiger partial charge >= 0.3 is 0 Å². The Balaban J connectivity index is 1.82. The number of carbonyl (C=O) groups excluding carboxylic acids is 1. The van der Waals surface area contributed by atoms with Crippen molar-refractivity contribution in [1.82, 2.24) is 15.5 Å². The zero-order valence-corrected chi connectivity index (χ0v) is 14.6. The monoisotopic (exact) mass is 337 g/mol. The minimum Gasteiger partial charge on any atom is -0.454 e. The van der Waals surface area contributed by atoms with Crippen LogP contribution in [0.25, 0.3) is 0 Å². The predicted molar refractivity (Wildman–Crippen MR) is 91.9 cm³/mol. The van der Waals surface area contributed by atoms with E-state index in [1.165, 1.54) is 0 Å². The first kappa shape index (κ1) is 18.3. The Labute approximate surface area is 142 Å². The number of guanidine groups is 1. The lowest BCUT2D eigenvalue weighted by Crippen LogP contribution is -2.56. The van der Waals surface area contributed by atoms with Gasteiger partial charge in [-0.1, -0.05) is 0 Å². The number of aliphatic imine (C=N–C) groups is 1. The number of rotatable bonds is 6. The van der Waals surface area contributed by atoms with Gasteiger partial charge in [0.2, 0.25) is 0 Å². The molecule has 1 fully saturated rings. The predicted octanol–water partition coefficient (Wildman–Crippen LogP) is 0.154. The molecule has 2 heterocycles. The van der Waals surface area contributed by atoms with Gasteiger partial charge < -0.3 is 25.5 Å². The highest BCUT2D eigenvalue weighted by atomic mass is 16.5. The van der Waals surface area contributed by atoms with Crippen LogP contribution in [0, 0.1) is 0 Å². The summed E-state index contributed by atoms with van der Waals surface area (Å²) in [5.74, 6) is 0.881. The molecule has 0 unspecified atom stereocenters. The van der Waals surface area contributed by atoms with Gasteiger partial charge in [0.1, 0.15) is 5.76 Å². The molecule has 4 N–H and O–H groups in total. The summed E-state index contributed by atoms with van der Waals surface area (Å²) in [6.45, 7) is 8.98. The van der Waals surface area contributed by atoms with Crippen LogP contribution in [0.4, 0.5) is 0 Å². The largest absolute Gasteiger partial charge is 0.454 e. The third kappa shape index (κ3) is 4.97. The average Bonchev–Trinajstić information content (AvgIpc) is 3.05. The summed E-state index contributed by atoms with van der Waals surface area (Å²) in [4.78, 5) is 17.6. The second-order valence-corrected chi connectivity index (χ2v) is 6.32. The van der Waals surface area contributed by atoms with E-state index in [1.54, 1.807) is 19.2 Å². The summed E-state index contributed by atoms with van der Waals surface area (Å²) in [5, 5.41) is 6.49. The van der Waals surface area contributed by atoms with Crippen LogP contribution in [0.5, 0.6) is 0 Å². The molecule has 1 aliphatic heterocycles. The van der Waals surface area contributed by atoms with Crippen molar-refractivity contribution in [2.24, 2.45) is 10.7 Å². The number of morpholine rings is 1. The standard InChI is InChI=1S/C16H27N5O3/c1-16(2,21-6-8-23-9-7-21)11-20-15(18-3)19-10-12-4-5-13(24-12)14(17)22/h4-5H,6-11H2,1-3H3,(H2,17,22)(H2,18,19,20). The van der Waals surface area contributed by atoms with Crippen LogP contribution in [-0.4, -0.2) is 62.2 Å². The number of nitrogens with two attached hydrogens (primary N) is 1. The van der Waals surface area contributed by atoms with E-state index in [1.807, 2.05) is 0 Å². The first-order chi connectivity index (χ1) is 11.4. The number of primary amides is 1. The molecule has 1 aromatic heterocycles. The number of ether oxygens (including phenoxy) is 1. The Kier molecular flexibility index (Phi) is 6.22. The highest BCUT2D eigenvalue weighted by Crippen LogP contribution is 2.15. The highest BCUT2D eigenvalue weighted by molar-refractivity contribution is 5.89. The lowest BCUT2D eigenvalue weighted by molar-refractivity contribution is -0.00834. The highest BCUT2D eigenvalue weighted by Gasteiger charge is 2.28. The van der Waals surface area contributed by atoms with E-state index in [2.05, 4.69) is 34.4 Å². The normalized spacial score (nSPS) is 16.9. The molecule has 8 nitrogen and oxygen atoms in total. The fourth-order valence-corrected chi connectivity index (χ4v) is 2.58. The third-order valence-electron chi connectivity index (χ3n) is 4.11.